The predicted octanol–water partition coefficient (Wildman–Crippen LogP) is 2.82. The minimum atomic E-state index is 0.584. The van der Waals surface area contributed by atoms with Gasteiger partial charge >= 0.3 is 0 Å². The van der Waals surface area contributed by atoms with E-state index >= 15 is 0 Å². The lowest BCUT2D eigenvalue weighted by Gasteiger charge is -2.21. The zero-order valence-corrected chi connectivity index (χ0v) is 12.1. The zero-order valence-electron chi connectivity index (χ0n) is 11.3. The minimum absolute atomic E-state index is 0.584. The highest BCUT2D eigenvalue weighted by Gasteiger charge is 2.07. The normalized spacial score (nSPS) is 15.9. The van der Waals surface area contributed by atoms with Crippen LogP contribution in [0.1, 0.15) is 19.0 Å². The maximum Gasteiger partial charge on any atom is 0.180 e. The Morgan fingerprint density at radius 2 is 2.37 bits per heavy atom. The van der Waals surface area contributed by atoms with Crippen molar-refractivity contribution in [3.8, 4) is 0 Å². The van der Waals surface area contributed by atoms with Crippen LogP contribution in [0.25, 0.3) is 0 Å². The van der Waals surface area contributed by atoms with Gasteiger partial charge in [-0.3, -0.25) is 4.99 Å². The number of hydrogen-bond donors (Lipinski definition) is 1. The molecule has 0 aliphatic carbocycles. The average molecular weight is 274 g/mol. The number of hydrogen-bond acceptors (Lipinski definition) is 5. The van der Waals surface area contributed by atoms with Gasteiger partial charge in [-0.05, 0) is 24.6 Å². The smallest absolute Gasteiger partial charge is 0.180 e. The van der Waals surface area contributed by atoms with E-state index in [2.05, 4.69) is 27.5 Å². The molecule has 100 valence electrons. The summed E-state index contributed by atoms with van der Waals surface area (Å²) in [7, 11) is 2.03. The molecule has 19 heavy (non-hydrogen) atoms. The lowest BCUT2D eigenvalue weighted by molar-refractivity contribution is 0.534. The number of rotatable bonds is 4. The number of aromatic nitrogens is 1. The standard InChI is InChI=1S/C14H18N4S/c1-10-5-7-18(3)12(8-10)4-6-16-11(2)13-9-19-14(15)17-13/h5,7-9H,1,4,6H2,2-3H3,(H2,15,17). The highest BCUT2D eigenvalue weighted by Crippen LogP contribution is 2.17. The number of thiazole rings is 1. The molecular formula is C14H18N4S. The van der Waals surface area contributed by atoms with E-state index in [4.69, 9.17) is 5.73 Å². The fraction of sp³-hybridized carbons (Fsp3) is 0.286. The summed E-state index contributed by atoms with van der Waals surface area (Å²) < 4.78 is 0. The second kappa shape index (κ2) is 5.84. The van der Waals surface area contributed by atoms with E-state index in [1.165, 1.54) is 17.0 Å². The van der Waals surface area contributed by atoms with Gasteiger partial charge in [0.25, 0.3) is 0 Å². The van der Waals surface area contributed by atoms with Crippen molar-refractivity contribution in [1.29, 1.82) is 0 Å². The minimum Gasteiger partial charge on any atom is -0.375 e. The van der Waals surface area contributed by atoms with Gasteiger partial charge in [-0.1, -0.05) is 6.58 Å². The molecule has 0 radical (unpaired) electrons. The van der Waals surface area contributed by atoms with E-state index in [0.29, 0.717) is 5.13 Å². The van der Waals surface area contributed by atoms with E-state index < -0.39 is 0 Å². The number of nitrogens with zero attached hydrogens (tertiary/aromatic N) is 3. The molecule has 2 rings (SSSR count). The van der Waals surface area contributed by atoms with Crippen LogP contribution in [0.15, 0.2) is 46.6 Å². The van der Waals surface area contributed by atoms with Crippen LogP contribution in [0.5, 0.6) is 0 Å². The zero-order chi connectivity index (χ0) is 13.8. The van der Waals surface area contributed by atoms with Crippen molar-refractivity contribution in [3.63, 3.8) is 0 Å². The summed E-state index contributed by atoms with van der Waals surface area (Å²) in [4.78, 5) is 10.9. The second-order valence-corrected chi connectivity index (χ2v) is 5.32. The Hall–Kier alpha value is -1.88. The van der Waals surface area contributed by atoms with Crippen molar-refractivity contribution in [1.82, 2.24) is 9.88 Å². The molecule has 0 unspecified atom stereocenters. The number of nitrogen functional groups attached to an aromatic ring is 1. The van der Waals surface area contributed by atoms with Crippen molar-refractivity contribution >= 4 is 22.2 Å². The number of allylic oxidation sites excluding steroid dienone is 3. The highest BCUT2D eigenvalue weighted by molar-refractivity contribution is 7.13. The van der Waals surface area contributed by atoms with Crippen LogP contribution < -0.4 is 5.73 Å². The number of anilines is 1. The number of nitrogens with two attached hydrogens (primary N) is 1. The summed E-state index contributed by atoms with van der Waals surface area (Å²) in [5.41, 5.74) is 9.67. The first-order valence-electron chi connectivity index (χ1n) is 6.09. The third-order valence-corrected chi connectivity index (χ3v) is 3.60. The van der Waals surface area contributed by atoms with Crippen LogP contribution >= 0.6 is 11.3 Å². The van der Waals surface area contributed by atoms with Crippen molar-refractivity contribution < 1.29 is 0 Å². The first kappa shape index (κ1) is 13.5. The molecule has 0 bridgehead atoms. The molecule has 1 aromatic rings. The van der Waals surface area contributed by atoms with Gasteiger partial charge in [0.1, 0.15) is 0 Å². The van der Waals surface area contributed by atoms with Gasteiger partial charge in [-0.15, -0.1) is 11.3 Å². The van der Waals surface area contributed by atoms with Crippen LogP contribution in [0.4, 0.5) is 5.13 Å². The Labute approximate surface area is 117 Å². The van der Waals surface area contributed by atoms with Crippen molar-refractivity contribution in [3.05, 3.63) is 47.3 Å². The summed E-state index contributed by atoms with van der Waals surface area (Å²) in [6.07, 6.45) is 6.99. The summed E-state index contributed by atoms with van der Waals surface area (Å²) in [5, 5.41) is 2.52. The summed E-state index contributed by atoms with van der Waals surface area (Å²) in [5.74, 6) is 0. The van der Waals surface area contributed by atoms with Crippen LogP contribution in [0, 0.1) is 0 Å². The lowest BCUT2D eigenvalue weighted by Crippen LogP contribution is -2.14. The topological polar surface area (TPSA) is 54.5 Å². The van der Waals surface area contributed by atoms with Crippen LogP contribution in [-0.4, -0.2) is 29.2 Å². The first-order valence-corrected chi connectivity index (χ1v) is 6.97. The van der Waals surface area contributed by atoms with E-state index in [0.717, 1.165) is 29.9 Å². The van der Waals surface area contributed by atoms with Crippen molar-refractivity contribution in [2.45, 2.75) is 13.3 Å². The maximum absolute atomic E-state index is 5.61. The molecule has 0 saturated carbocycles. The molecule has 1 aliphatic rings. The summed E-state index contributed by atoms with van der Waals surface area (Å²) in [6.45, 7) is 6.65. The van der Waals surface area contributed by atoms with Gasteiger partial charge in [-0.25, -0.2) is 4.98 Å². The fourth-order valence-corrected chi connectivity index (χ4v) is 2.40. The van der Waals surface area contributed by atoms with E-state index in [9.17, 15) is 0 Å². The van der Waals surface area contributed by atoms with Crippen LogP contribution in [0.3, 0.4) is 0 Å². The Balaban J connectivity index is 1.94. The molecule has 0 saturated heterocycles. The summed E-state index contributed by atoms with van der Waals surface area (Å²) in [6, 6.07) is 0. The fourth-order valence-electron chi connectivity index (χ4n) is 1.79. The quantitative estimate of drug-likeness (QED) is 0.859. The van der Waals surface area contributed by atoms with Gasteiger partial charge in [0.05, 0.1) is 11.4 Å². The molecule has 4 nitrogen and oxygen atoms in total. The Morgan fingerprint density at radius 1 is 1.58 bits per heavy atom. The molecule has 5 heteroatoms. The van der Waals surface area contributed by atoms with Crippen molar-refractivity contribution in [2.24, 2.45) is 4.99 Å². The monoisotopic (exact) mass is 274 g/mol. The molecule has 0 fully saturated rings. The van der Waals surface area contributed by atoms with Crippen LogP contribution in [0.2, 0.25) is 0 Å². The molecule has 2 N–H and O–H groups in total. The molecule has 1 aliphatic heterocycles. The van der Waals surface area contributed by atoms with Gasteiger partial charge in [0, 0.05) is 37.3 Å². The third kappa shape index (κ3) is 3.54. The Morgan fingerprint density at radius 3 is 3.05 bits per heavy atom. The molecule has 1 aromatic heterocycles. The highest BCUT2D eigenvalue weighted by atomic mass is 32.1. The van der Waals surface area contributed by atoms with Gasteiger partial charge in [-0.2, -0.15) is 0 Å². The summed E-state index contributed by atoms with van der Waals surface area (Å²) >= 11 is 1.44. The molecule has 0 amide bonds. The molecule has 0 aromatic carbocycles. The van der Waals surface area contributed by atoms with E-state index in [1.54, 1.807) is 0 Å². The Bertz CT molecular complexity index is 566. The van der Waals surface area contributed by atoms with Gasteiger partial charge in [0.2, 0.25) is 0 Å². The molecular weight excluding hydrogens is 256 g/mol. The first-order chi connectivity index (χ1) is 9.06. The lowest BCUT2D eigenvalue weighted by atomic mass is 10.1. The van der Waals surface area contributed by atoms with Gasteiger partial charge in [0.15, 0.2) is 5.13 Å². The van der Waals surface area contributed by atoms with E-state index in [1.807, 2.05) is 31.6 Å². The van der Waals surface area contributed by atoms with E-state index in [-0.39, 0.29) is 0 Å². The van der Waals surface area contributed by atoms with Crippen molar-refractivity contribution in [2.75, 3.05) is 19.3 Å². The van der Waals surface area contributed by atoms with Gasteiger partial charge < -0.3 is 10.6 Å². The predicted molar refractivity (Wildman–Crippen MR) is 82.3 cm³/mol. The average Bonchev–Trinajstić information content (AvgIpc) is 2.80. The SMILES string of the molecule is C=C1C=CN(C)C(CCN=C(C)c2csc(N)n2)=C1. The Kier molecular flexibility index (Phi) is 4.16. The second-order valence-electron chi connectivity index (χ2n) is 4.43. The third-order valence-electron chi connectivity index (χ3n) is 2.93. The van der Waals surface area contributed by atoms with Crippen LogP contribution in [-0.2, 0) is 0 Å². The largest absolute Gasteiger partial charge is 0.375 e. The maximum atomic E-state index is 5.61. The molecule has 2 heterocycles. The molecule has 0 spiro atoms. The number of aliphatic imine (C=N–C) groups is 1. The molecule has 0 atom stereocenters.